The number of rotatable bonds is 6. The van der Waals surface area contributed by atoms with E-state index in [4.69, 9.17) is 19.4 Å². The van der Waals surface area contributed by atoms with Gasteiger partial charge in [0.25, 0.3) is 0 Å². The van der Waals surface area contributed by atoms with E-state index < -0.39 is 0 Å². The summed E-state index contributed by atoms with van der Waals surface area (Å²) in [7, 11) is 0. The summed E-state index contributed by atoms with van der Waals surface area (Å²) in [6, 6.07) is 67.5. The lowest BCUT2D eigenvalue weighted by atomic mass is 9.96. The molecule has 0 amide bonds. The standard InChI is InChI=1S/C51H32N4O/c1-4-15-33(16-5-1)38-30-39(36-21-14-22-37(29-36)51-53-49(34-17-6-2-7-18-34)52-50(54-51)35-19-8-3-9-20-35)32-40(31-38)55-43-25-12-10-23-41(43)47-44(55)27-28-46-48(47)42-24-11-13-26-45(42)56-46/h1-32H. The quantitative estimate of drug-likeness (QED) is 0.172. The molecule has 11 aromatic rings. The zero-order valence-electron chi connectivity index (χ0n) is 30.2. The second kappa shape index (κ2) is 13.0. The van der Waals surface area contributed by atoms with Gasteiger partial charge in [-0.05, 0) is 70.8 Å². The minimum atomic E-state index is 0.623. The molecule has 0 N–H and O–H groups in total. The predicted octanol–water partition coefficient (Wildman–Crippen LogP) is 13.2. The van der Waals surface area contributed by atoms with Crippen LogP contribution in [0.3, 0.4) is 0 Å². The van der Waals surface area contributed by atoms with Gasteiger partial charge in [0.15, 0.2) is 17.5 Å². The number of nitrogens with zero attached hydrogens (tertiary/aromatic N) is 4. The molecule has 0 saturated heterocycles. The Hall–Kier alpha value is -7.63. The van der Waals surface area contributed by atoms with Gasteiger partial charge in [-0.15, -0.1) is 0 Å². The van der Waals surface area contributed by atoms with Crippen molar-refractivity contribution < 1.29 is 4.42 Å². The van der Waals surface area contributed by atoms with Crippen molar-refractivity contribution in [2.75, 3.05) is 0 Å². The molecule has 0 aliphatic rings. The van der Waals surface area contributed by atoms with Crippen LogP contribution >= 0.6 is 0 Å². The summed E-state index contributed by atoms with van der Waals surface area (Å²) in [5.74, 6) is 1.90. The molecule has 0 unspecified atom stereocenters. The Balaban J connectivity index is 1.13. The molecule has 0 aliphatic carbocycles. The van der Waals surface area contributed by atoms with Crippen LogP contribution in [0, 0.1) is 0 Å². The second-order valence-corrected chi connectivity index (χ2v) is 14.0. The van der Waals surface area contributed by atoms with Crippen molar-refractivity contribution in [3.63, 3.8) is 0 Å². The third kappa shape index (κ3) is 5.37. The Morgan fingerprint density at radius 3 is 1.54 bits per heavy atom. The third-order valence-electron chi connectivity index (χ3n) is 10.6. The van der Waals surface area contributed by atoms with E-state index in [2.05, 4.69) is 126 Å². The van der Waals surface area contributed by atoms with Crippen LogP contribution in [0.4, 0.5) is 0 Å². The van der Waals surface area contributed by atoms with Gasteiger partial charge < -0.3 is 8.98 Å². The van der Waals surface area contributed by atoms with E-state index in [1.807, 2.05) is 72.8 Å². The summed E-state index contributed by atoms with van der Waals surface area (Å²) in [5, 5.41) is 4.64. The number of furan rings is 1. The molecule has 3 heterocycles. The van der Waals surface area contributed by atoms with Gasteiger partial charge in [0.05, 0.1) is 11.0 Å². The molecule has 0 fully saturated rings. The molecule has 8 aromatic carbocycles. The molecule has 0 radical (unpaired) electrons. The molecule has 5 nitrogen and oxygen atoms in total. The van der Waals surface area contributed by atoms with E-state index in [1.165, 1.54) is 10.8 Å². The Kier molecular flexibility index (Phi) is 7.42. The van der Waals surface area contributed by atoms with Gasteiger partial charge in [0.1, 0.15) is 11.2 Å². The number of hydrogen-bond acceptors (Lipinski definition) is 4. The highest BCUT2D eigenvalue weighted by atomic mass is 16.3. The average molecular weight is 717 g/mol. The smallest absolute Gasteiger partial charge is 0.164 e. The number of hydrogen-bond donors (Lipinski definition) is 0. The molecule has 11 rings (SSSR count). The Bertz CT molecular complexity index is 3180. The highest BCUT2D eigenvalue weighted by molar-refractivity contribution is 6.27. The lowest BCUT2D eigenvalue weighted by molar-refractivity contribution is 0.669. The largest absolute Gasteiger partial charge is 0.456 e. The third-order valence-corrected chi connectivity index (χ3v) is 10.6. The summed E-state index contributed by atoms with van der Waals surface area (Å²) in [6.45, 7) is 0. The molecule has 0 saturated carbocycles. The molecule has 0 bridgehead atoms. The van der Waals surface area contributed by atoms with Crippen LogP contribution in [0.2, 0.25) is 0 Å². The van der Waals surface area contributed by atoms with Crippen LogP contribution in [-0.4, -0.2) is 19.5 Å². The van der Waals surface area contributed by atoms with Crippen molar-refractivity contribution in [1.29, 1.82) is 0 Å². The first kappa shape index (κ1) is 31.9. The van der Waals surface area contributed by atoms with Crippen molar-refractivity contribution in [2.24, 2.45) is 0 Å². The number of fused-ring (bicyclic) bond motifs is 7. The van der Waals surface area contributed by atoms with Crippen LogP contribution in [0.15, 0.2) is 199 Å². The van der Waals surface area contributed by atoms with Gasteiger partial charge in [0, 0.05) is 43.9 Å². The predicted molar refractivity (Wildman–Crippen MR) is 229 cm³/mol. The van der Waals surface area contributed by atoms with Crippen molar-refractivity contribution in [1.82, 2.24) is 19.5 Å². The van der Waals surface area contributed by atoms with Gasteiger partial charge in [-0.3, -0.25) is 0 Å². The van der Waals surface area contributed by atoms with Crippen molar-refractivity contribution in [3.05, 3.63) is 194 Å². The van der Waals surface area contributed by atoms with Crippen molar-refractivity contribution >= 4 is 43.7 Å². The van der Waals surface area contributed by atoms with E-state index >= 15 is 0 Å². The zero-order chi connectivity index (χ0) is 37.0. The van der Waals surface area contributed by atoms with Gasteiger partial charge in [0.2, 0.25) is 0 Å². The first-order valence-electron chi connectivity index (χ1n) is 18.8. The van der Waals surface area contributed by atoms with Crippen LogP contribution in [0.1, 0.15) is 0 Å². The number of para-hydroxylation sites is 2. The van der Waals surface area contributed by atoms with Gasteiger partial charge in [-0.1, -0.05) is 146 Å². The number of benzene rings is 8. The highest BCUT2D eigenvalue weighted by Gasteiger charge is 2.20. The van der Waals surface area contributed by atoms with E-state index in [0.717, 1.165) is 77.6 Å². The SMILES string of the molecule is c1ccc(-c2cc(-c3cccc(-c4nc(-c5ccccc5)nc(-c5ccccc5)n4)c3)cc(-n3c4ccccc4c4c5c(ccc43)oc3ccccc35)c2)cc1. The Morgan fingerprint density at radius 2 is 0.839 bits per heavy atom. The molecule has 262 valence electrons. The fourth-order valence-electron chi connectivity index (χ4n) is 8.03. The molecule has 0 atom stereocenters. The van der Waals surface area contributed by atoms with Crippen LogP contribution < -0.4 is 0 Å². The van der Waals surface area contributed by atoms with Gasteiger partial charge in [-0.2, -0.15) is 0 Å². The Labute approximate surface area is 322 Å². The van der Waals surface area contributed by atoms with Crippen LogP contribution in [-0.2, 0) is 0 Å². The summed E-state index contributed by atoms with van der Waals surface area (Å²) in [5.41, 5.74) is 12.3. The minimum Gasteiger partial charge on any atom is -0.456 e. The van der Waals surface area contributed by atoms with Crippen molar-refractivity contribution in [3.8, 4) is 62.1 Å². The summed E-state index contributed by atoms with van der Waals surface area (Å²) in [6.07, 6.45) is 0. The fraction of sp³-hybridized carbons (Fsp3) is 0. The van der Waals surface area contributed by atoms with Crippen LogP contribution in [0.5, 0.6) is 0 Å². The topological polar surface area (TPSA) is 56.7 Å². The van der Waals surface area contributed by atoms with Gasteiger partial charge >= 0.3 is 0 Å². The second-order valence-electron chi connectivity index (χ2n) is 14.0. The average Bonchev–Trinajstić information content (AvgIpc) is 3.83. The van der Waals surface area contributed by atoms with Crippen molar-refractivity contribution in [2.45, 2.75) is 0 Å². The maximum atomic E-state index is 6.37. The number of aromatic nitrogens is 4. The molecule has 0 aliphatic heterocycles. The normalized spacial score (nSPS) is 11.6. The first-order valence-corrected chi connectivity index (χ1v) is 18.8. The fourth-order valence-corrected chi connectivity index (χ4v) is 8.03. The van der Waals surface area contributed by atoms with Gasteiger partial charge in [-0.25, -0.2) is 15.0 Å². The minimum absolute atomic E-state index is 0.623. The summed E-state index contributed by atoms with van der Waals surface area (Å²) in [4.78, 5) is 15.0. The molecule has 3 aromatic heterocycles. The first-order chi connectivity index (χ1) is 27.7. The molecule has 56 heavy (non-hydrogen) atoms. The Morgan fingerprint density at radius 1 is 0.321 bits per heavy atom. The summed E-state index contributed by atoms with van der Waals surface area (Å²) < 4.78 is 8.77. The lowest BCUT2D eigenvalue weighted by Crippen LogP contribution is -2.00. The molecular weight excluding hydrogens is 685 g/mol. The lowest BCUT2D eigenvalue weighted by Gasteiger charge is -2.15. The maximum absolute atomic E-state index is 6.37. The van der Waals surface area contributed by atoms with E-state index in [9.17, 15) is 0 Å². The van der Waals surface area contributed by atoms with E-state index in [0.29, 0.717) is 17.5 Å². The van der Waals surface area contributed by atoms with E-state index in [-0.39, 0.29) is 0 Å². The summed E-state index contributed by atoms with van der Waals surface area (Å²) >= 11 is 0. The highest BCUT2D eigenvalue weighted by Crippen LogP contribution is 2.42. The maximum Gasteiger partial charge on any atom is 0.164 e. The monoisotopic (exact) mass is 716 g/mol. The molecule has 5 heteroatoms. The molecule has 0 spiro atoms. The molecular formula is C51H32N4O. The van der Waals surface area contributed by atoms with Crippen LogP contribution in [0.25, 0.3) is 106 Å². The zero-order valence-corrected chi connectivity index (χ0v) is 30.2. The van der Waals surface area contributed by atoms with E-state index in [1.54, 1.807) is 0 Å².